The molecule has 0 saturated heterocycles. The van der Waals surface area contributed by atoms with Crippen molar-refractivity contribution in [2.75, 3.05) is 5.32 Å². The highest BCUT2D eigenvalue weighted by Crippen LogP contribution is 2.15. The number of nitrogens with zero attached hydrogens (tertiary/aromatic N) is 3. The number of imidazole rings is 1. The largest absolute Gasteiger partial charge is 0.505 e. The molecule has 3 rings (SSSR count). The van der Waals surface area contributed by atoms with Crippen molar-refractivity contribution in [1.29, 1.82) is 0 Å². The van der Waals surface area contributed by atoms with Gasteiger partial charge in [-0.3, -0.25) is 9.59 Å². The lowest BCUT2D eigenvalue weighted by Crippen LogP contribution is -2.23. The Balaban J connectivity index is 1.64. The number of carbonyl (C=O) groups excluding carboxylic acids is 2. The van der Waals surface area contributed by atoms with E-state index in [1.165, 1.54) is 37.1 Å². The van der Waals surface area contributed by atoms with E-state index in [4.69, 9.17) is 0 Å². The van der Waals surface area contributed by atoms with Crippen LogP contribution < -0.4 is 10.6 Å². The van der Waals surface area contributed by atoms with Crippen molar-refractivity contribution in [2.45, 2.75) is 6.54 Å². The maximum atomic E-state index is 12.1. The average Bonchev–Trinajstić information content (AvgIpc) is 3.15. The first-order valence-corrected chi connectivity index (χ1v) is 7.30. The Morgan fingerprint density at radius 1 is 1.16 bits per heavy atom. The summed E-state index contributed by atoms with van der Waals surface area (Å²) in [5, 5.41) is 14.9. The molecule has 0 bridgehead atoms. The van der Waals surface area contributed by atoms with Crippen LogP contribution in [0.4, 0.5) is 5.82 Å². The molecule has 0 spiro atoms. The zero-order valence-electron chi connectivity index (χ0n) is 12.9. The van der Waals surface area contributed by atoms with Crippen LogP contribution in [-0.4, -0.2) is 36.9 Å². The molecule has 4 N–H and O–H groups in total. The van der Waals surface area contributed by atoms with Crippen molar-refractivity contribution in [3.05, 3.63) is 66.1 Å². The molecule has 0 saturated carbocycles. The molecule has 0 aliphatic rings. The highest BCUT2D eigenvalue weighted by Gasteiger charge is 2.13. The van der Waals surface area contributed by atoms with E-state index in [0.29, 0.717) is 5.69 Å². The quantitative estimate of drug-likeness (QED) is 0.550. The number of hydrogen-bond donors (Lipinski definition) is 4. The van der Waals surface area contributed by atoms with Gasteiger partial charge in [-0.25, -0.2) is 15.0 Å². The molecule has 0 aliphatic heterocycles. The lowest BCUT2D eigenvalue weighted by Gasteiger charge is -2.08. The van der Waals surface area contributed by atoms with Gasteiger partial charge in [0, 0.05) is 18.9 Å². The molecule has 9 nitrogen and oxygen atoms in total. The SMILES string of the molecule is O=C(NCc1ccnc(NC(=O)c2ncccc2O)c1)c1cnc[nH]1. The first-order chi connectivity index (χ1) is 12.1. The Labute approximate surface area is 142 Å². The molecular weight excluding hydrogens is 324 g/mol. The van der Waals surface area contributed by atoms with Crippen LogP contribution in [-0.2, 0) is 6.54 Å². The fourth-order valence-corrected chi connectivity index (χ4v) is 2.06. The summed E-state index contributed by atoms with van der Waals surface area (Å²) in [6.07, 6.45) is 5.75. The van der Waals surface area contributed by atoms with Gasteiger partial charge in [-0.2, -0.15) is 0 Å². The van der Waals surface area contributed by atoms with Gasteiger partial charge in [0.1, 0.15) is 17.3 Å². The van der Waals surface area contributed by atoms with E-state index in [1.807, 2.05) is 0 Å². The molecule has 3 aromatic heterocycles. The van der Waals surface area contributed by atoms with Crippen LogP contribution in [0.25, 0.3) is 0 Å². The van der Waals surface area contributed by atoms with Crippen molar-refractivity contribution < 1.29 is 14.7 Å². The number of aromatic nitrogens is 4. The number of carbonyl (C=O) groups is 2. The monoisotopic (exact) mass is 338 g/mol. The van der Waals surface area contributed by atoms with Crippen molar-refractivity contribution in [1.82, 2.24) is 25.3 Å². The fourth-order valence-electron chi connectivity index (χ4n) is 2.06. The van der Waals surface area contributed by atoms with Gasteiger partial charge in [0.15, 0.2) is 5.69 Å². The number of nitrogens with one attached hydrogen (secondary N) is 3. The number of aromatic amines is 1. The molecule has 3 heterocycles. The summed E-state index contributed by atoms with van der Waals surface area (Å²) < 4.78 is 0. The van der Waals surface area contributed by atoms with E-state index in [0.717, 1.165) is 5.56 Å². The normalized spacial score (nSPS) is 10.2. The van der Waals surface area contributed by atoms with Crippen molar-refractivity contribution in [2.24, 2.45) is 0 Å². The van der Waals surface area contributed by atoms with Crippen LogP contribution >= 0.6 is 0 Å². The standard InChI is InChI=1S/C16H14N6O3/c23-12-2-1-4-19-14(12)16(25)22-13-6-10(3-5-18-13)7-20-15(24)11-8-17-9-21-11/h1-6,8-9,23H,7H2,(H,17,21)(H,20,24)(H,18,22,25). The topological polar surface area (TPSA) is 133 Å². The predicted octanol–water partition coefficient (Wildman–Crippen LogP) is 1.09. The Kier molecular flexibility index (Phi) is 4.65. The van der Waals surface area contributed by atoms with E-state index in [-0.39, 0.29) is 29.7 Å². The third kappa shape index (κ3) is 3.96. The molecule has 9 heteroatoms. The van der Waals surface area contributed by atoms with Gasteiger partial charge in [0.2, 0.25) is 0 Å². The van der Waals surface area contributed by atoms with Crippen LogP contribution in [0.1, 0.15) is 26.5 Å². The molecule has 0 fully saturated rings. The smallest absolute Gasteiger partial charge is 0.279 e. The van der Waals surface area contributed by atoms with Gasteiger partial charge in [-0.1, -0.05) is 0 Å². The van der Waals surface area contributed by atoms with Gasteiger partial charge in [0.05, 0.1) is 12.5 Å². The van der Waals surface area contributed by atoms with Gasteiger partial charge >= 0.3 is 0 Å². The zero-order chi connectivity index (χ0) is 17.6. The van der Waals surface area contributed by atoms with Crippen molar-refractivity contribution in [3.8, 4) is 5.75 Å². The van der Waals surface area contributed by atoms with Crippen LogP contribution in [0.3, 0.4) is 0 Å². The number of rotatable bonds is 5. The summed E-state index contributed by atoms with van der Waals surface area (Å²) in [7, 11) is 0. The molecule has 2 amide bonds. The second kappa shape index (κ2) is 7.21. The second-order valence-electron chi connectivity index (χ2n) is 5.02. The molecule has 0 radical (unpaired) electrons. The van der Waals surface area contributed by atoms with Crippen molar-refractivity contribution >= 4 is 17.6 Å². The average molecular weight is 338 g/mol. The summed E-state index contributed by atoms with van der Waals surface area (Å²) in [6.45, 7) is 0.248. The number of pyridine rings is 2. The molecule has 0 aromatic carbocycles. The van der Waals surface area contributed by atoms with Crippen LogP contribution in [0.15, 0.2) is 49.2 Å². The summed E-state index contributed by atoms with van der Waals surface area (Å²) in [6, 6.07) is 6.22. The molecule has 0 aliphatic carbocycles. The Hall–Kier alpha value is -3.75. The minimum atomic E-state index is -0.579. The maximum Gasteiger partial charge on any atom is 0.279 e. The number of anilines is 1. The maximum absolute atomic E-state index is 12.1. The summed E-state index contributed by atoms with van der Waals surface area (Å²) in [4.78, 5) is 38.3. The highest BCUT2D eigenvalue weighted by molar-refractivity contribution is 6.04. The van der Waals surface area contributed by atoms with Gasteiger partial charge < -0.3 is 20.7 Å². The molecular formula is C16H14N6O3. The first-order valence-electron chi connectivity index (χ1n) is 7.30. The van der Waals surface area contributed by atoms with Crippen LogP contribution in [0.2, 0.25) is 0 Å². The van der Waals surface area contributed by atoms with Crippen LogP contribution in [0, 0.1) is 0 Å². The van der Waals surface area contributed by atoms with E-state index in [9.17, 15) is 14.7 Å². The van der Waals surface area contributed by atoms with Gasteiger partial charge in [0.25, 0.3) is 11.8 Å². The molecule has 25 heavy (non-hydrogen) atoms. The Morgan fingerprint density at radius 3 is 2.80 bits per heavy atom. The zero-order valence-corrected chi connectivity index (χ0v) is 12.9. The van der Waals surface area contributed by atoms with E-state index in [2.05, 4.69) is 30.6 Å². The molecule has 126 valence electrons. The molecule has 3 aromatic rings. The lowest BCUT2D eigenvalue weighted by atomic mass is 10.2. The third-order valence-electron chi connectivity index (χ3n) is 3.26. The predicted molar refractivity (Wildman–Crippen MR) is 87.8 cm³/mol. The minimum Gasteiger partial charge on any atom is -0.505 e. The number of hydrogen-bond acceptors (Lipinski definition) is 6. The third-order valence-corrected chi connectivity index (χ3v) is 3.26. The molecule has 0 atom stereocenters. The van der Waals surface area contributed by atoms with Gasteiger partial charge in [-0.15, -0.1) is 0 Å². The fraction of sp³-hybridized carbons (Fsp3) is 0.0625. The first kappa shape index (κ1) is 16.1. The lowest BCUT2D eigenvalue weighted by molar-refractivity contribution is 0.0945. The second-order valence-corrected chi connectivity index (χ2v) is 5.02. The Morgan fingerprint density at radius 2 is 2.04 bits per heavy atom. The number of amides is 2. The van der Waals surface area contributed by atoms with Crippen molar-refractivity contribution in [3.63, 3.8) is 0 Å². The number of aromatic hydroxyl groups is 1. The summed E-state index contributed by atoms with van der Waals surface area (Å²) in [5.41, 5.74) is 0.999. The van der Waals surface area contributed by atoms with Gasteiger partial charge in [-0.05, 0) is 29.8 Å². The van der Waals surface area contributed by atoms with E-state index >= 15 is 0 Å². The summed E-state index contributed by atoms with van der Waals surface area (Å²) in [5.74, 6) is -0.811. The minimum absolute atomic E-state index is 0.0951. The van der Waals surface area contributed by atoms with E-state index in [1.54, 1.807) is 12.1 Å². The summed E-state index contributed by atoms with van der Waals surface area (Å²) >= 11 is 0. The Bertz CT molecular complexity index is 894. The van der Waals surface area contributed by atoms with Crippen LogP contribution in [0.5, 0.6) is 5.75 Å². The molecule has 0 unspecified atom stereocenters. The highest BCUT2D eigenvalue weighted by atomic mass is 16.3. The van der Waals surface area contributed by atoms with E-state index < -0.39 is 5.91 Å². The number of H-pyrrole nitrogens is 1.